The third-order valence-electron chi connectivity index (χ3n) is 2.66. The molecule has 0 amide bonds. The highest BCUT2D eigenvalue weighted by molar-refractivity contribution is 9.10. The molecule has 0 heterocycles. The third-order valence-corrected chi connectivity index (χ3v) is 3.25. The zero-order valence-corrected chi connectivity index (χ0v) is 12.5. The summed E-state index contributed by atoms with van der Waals surface area (Å²) in [5, 5.41) is 11.1. The highest BCUT2D eigenvalue weighted by Crippen LogP contribution is 2.39. The average Bonchev–Trinajstić information content (AvgIpc) is 2.49. The molecule has 0 spiro atoms. The molecule has 0 aliphatic carbocycles. The summed E-state index contributed by atoms with van der Waals surface area (Å²) < 4.78 is 10.9. The van der Waals surface area contributed by atoms with Crippen molar-refractivity contribution < 1.29 is 19.2 Å². The minimum absolute atomic E-state index is 0.0377. The van der Waals surface area contributed by atoms with Gasteiger partial charge in [0.15, 0.2) is 0 Å². The molecule has 0 saturated heterocycles. The van der Waals surface area contributed by atoms with Gasteiger partial charge >= 0.3 is 5.69 Å². The average molecular weight is 352 g/mol. The second-order valence-electron chi connectivity index (χ2n) is 4.00. The molecule has 0 aromatic heterocycles. The maximum Gasteiger partial charge on any atom is 0.313 e. The van der Waals surface area contributed by atoms with E-state index in [4.69, 9.17) is 9.47 Å². The normalized spacial score (nSPS) is 10.0. The summed E-state index contributed by atoms with van der Waals surface area (Å²) in [5.41, 5.74) is -0.0991. The van der Waals surface area contributed by atoms with Crippen LogP contribution in [0.25, 0.3) is 0 Å². The van der Waals surface area contributed by atoms with Gasteiger partial charge in [0.25, 0.3) is 0 Å². The van der Waals surface area contributed by atoms with E-state index in [1.807, 2.05) is 0 Å². The summed E-state index contributed by atoms with van der Waals surface area (Å²) in [6, 6.07) is 9.23. The Kier molecular flexibility index (Phi) is 4.54. The predicted octanol–water partition coefficient (Wildman–Crippen LogP) is 3.97. The summed E-state index contributed by atoms with van der Waals surface area (Å²) in [6.45, 7) is 0. The van der Waals surface area contributed by atoms with Crippen LogP contribution in [-0.2, 0) is 0 Å². The van der Waals surface area contributed by atoms with Crippen molar-refractivity contribution >= 4 is 27.9 Å². The molecule has 0 aliphatic heterocycles. The lowest BCUT2D eigenvalue weighted by atomic mass is 10.2. The Morgan fingerprint density at radius 1 is 1.19 bits per heavy atom. The zero-order chi connectivity index (χ0) is 15.4. The second kappa shape index (κ2) is 6.36. The van der Waals surface area contributed by atoms with Crippen molar-refractivity contribution in [3.63, 3.8) is 0 Å². The standard InChI is InChI=1S/C14H10BrNO5/c1-20-10-2-4-11(5-3-10)21-14-12(15)6-9(8-17)7-13(14)16(18)19/h2-8H,1H3. The first kappa shape index (κ1) is 15.0. The van der Waals surface area contributed by atoms with Crippen LogP contribution in [0.5, 0.6) is 17.2 Å². The van der Waals surface area contributed by atoms with E-state index in [0.29, 0.717) is 22.3 Å². The molecule has 7 heteroatoms. The smallest absolute Gasteiger partial charge is 0.313 e. The SMILES string of the molecule is COc1ccc(Oc2c(Br)cc(C=O)cc2[N+](=O)[O-])cc1. The number of nitro benzene ring substituents is 1. The van der Waals surface area contributed by atoms with Crippen LogP contribution in [0.15, 0.2) is 40.9 Å². The number of carbonyl (C=O) groups is 1. The first-order chi connectivity index (χ1) is 10.0. The van der Waals surface area contributed by atoms with Crippen molar-refractivity contribution in [1.82, 2.24) is 0 Å². The fourth-order valence-corrected chi connectivity index (χ4v) is 2.21. The van der Waals surface area contributed by atoms with Gasteiger partial charge in [-0.15, -0.1) is 0 Å². The van der Waals surface area contributed by atoms with E-state index in [9.17, 15) is 14.9 Å². The number of aldehydes is 1. The quantitative estimate of drug-likeness (QED) is 0.462. The number of benzene rings is 2. The lowest BCUT2D eigenvalue weighted by molar-refractivity contribution is -0.385. The molecule has 0 N–H and O–H groups in total. The minimum Gasteiger partial charge on any atom is -0.497 e. The van der Waals surface area contributed by atoms with Gasteiger partial charge in [-0.1, -0.05) is 0 Å². The van der Waals surface area contributed by atoms with Crippen molar-refractivity contribution in [2.45, 2.75) is 0 Å². The van der Waals surface area contributed by atoms with Crippen LogP contribution < -0.4 is 9.47 Å². The summed E-state index contributed by atoms with van der Waals surface area (Å²) in [7, 11) is 1.54. The number of carbonyl (C=O) groups excluding carboxylic acids is 1. The lowest BCUT2D eigenvalue weighted by Gasteiger charge is -2.09. The summed E-state index contributed by atoms with van der Waals surface area (Å²) >= 11 is 3.18. The van der Waals surface area contributed by atoms with E-state index in [1.165, 1.54) is 13.2 Å². The van der Waals surface area contributed by atoms with Gasteiger partial charge < -0.3 is 9.47 Å². The first-order valence-electron chi connectivity index (χ1n) is 5.80. The van der Waals surface area contributed by atoms with Gasteiger partial charge in [-0.05, 0) is 46.3 Å². The summed E-state index contributed by atoms with van der Waals surface area (Å²) in [6.07, 6.45) is 0.537. The lowest BCUT2D eigenvalue weighted by Crippen LogP contribution is -1.96. The fourth-order valence-electron chi connectivity index (χ4n) is 1.67. The topological polar surface area (TPSA) is 78.7 Å². The van der Waals surface area contributed by atoms with Gasteiger partial charge in [0.1, 0.15) is 17.8 Å². The molecule has 108 valence electrons. The number of nitro groups is 1. The van der Waals surface area contributed by atoms with Crippen LogP contribution in [-0.4, -0.2) is 18.3 Å². The third kappa shape index (κ3) is 3.38. The monoisotopic (exact) mass is 351 g/mol. The van der Waals surface area contributed by atoms with E-state index >= 15 is 0 Å². The number of nitrogens with zero attached hydrogens (tertiary/aromatic N) is 1. The molecule has 0 radical (unpaired) electrons. The van der Waals surface area contributed by atoms with Crippen LogP contribution in [0, 0.1) is 10.1 Å². The predicted molar refractivity (Wildman–Crippen MR) is 79.3 cm³/mol. The molecule has 0 unspecified atom stereocenters. The Hall–Kier alpha value is -2.41. The first-order valence-corrected chi connectivity index (χ1v) is 6.59. The van der Waals surface area contributed by atoms with Gasteiger partial charge in [0, 0.05) is 11.6 Å². The Morgan fingerprint density at radius 3 is 2.33 bits per heavy atom. The molecular weight excluding hydrogens is 342 g/mol. The van der Waals surface area contributed by atoms with Gasteiger partial charge in [-0.3, -0.25) is 14.9 Å². The fraction of sp³-hybridized carbons (Fsp3) is 0.0714. The molecule has 0 aliphatic rings. The molecule has 2 rings (SSSR count). The van der Waals surface area contributed by atoms with Crippen LogP contribution in [0.1, 0.15) is 10.4 Å². The zero-order valence-electron chi connectivity index (χ0n) is 10.9. The van der Waals surface area contributed by atoms with Crippen molar-refractivity contribution in [2.24, 2.45) is 0 Å². The molecule has 2 aromatic rings. The molecule has 0 fully saturated rings. The Balaban J connectivity index is 2.42. The summed E-state index contributed by atoms with van der Waals surface area (Å²) in [4.78, 5) is 21.3. The molecule has 0 saturated carbocycles. The van der Waals surface area contributed by atoms with Crippen LogP contribution >= 0.6 is 15.9 Å². The maximum absolute atomic E-state index is 11.1. The van der Waals surface area contributed by atoms with Gasteiger partial charge in [-0.25, -0.2) is 0 Å². The Bertz CT molecular complexity index is 685. The molecule has 6 nitrogen and oxygen atoms in total. The number of hydrogen-bond acceptors (Lipinski definition) is 5. The number of halogens is 1. The van der Waals surface area contributed by atoms with E-state index in [1.54, 1.807) is 24.3 Å². The van der Waals surface area contributed by atoms with E-state index < -0.39 is 4.92 Å². The van der Waals surface area contributed by atoms with Crippen LogP contribution in [0.2, 0.25) is 0 Å². The van der Waals surface area contributed by atoms with Crippen molar-refractivity contribution in [3.05, 3.63) is 56.5 Å². The number of rotatable bonds is 5. The van der Waals surface area contributed by atoms with Crippen molar-refractivity contribution in [1.29, 1.82) is 0 Å². The maximum atomic E-state index is 11.1. The summed E-state index contributed by atoms with van der Waals surface area (Å²) in [5.74, 6) is 1.10. The van der Waals surface area contributed by atoms with Crippen molar-refractivity contribution in [2.75, 3.05) is 7.11 Å². The Labute approximate surface area is 128 Å². The van der Waals surface area contributed by atoms with E-state index in [0.717, 1.165) is 6.07 Å². The minimum atomic E-state index is -0.601. The molecule has 2 aromatic carbocycles. The van der Waals surface area contributed by atoms with E-state index in [-0.39, 0.29) is 17.0 Å². The van der Waals surface area contributed by atoms with Crippen molar-refractivity contribution in [3.8, 4) is 17.2 Å². The van der Waals surface area contributed by atoms with Crippen LogP contribution in [0.4, 0.5) is 5.69 Å². The number of methoxy groups -OCH3 is 1. The Morgan fingerprint density at radius 2 is 1.81 bits per heavy atom. The number of ether oxygens (including phenoxy) is 2. The van der Waals surface area contributed by atoms with Gasteiger partial charge in [0.2, 0.25) is 5.75 Å². The van der Waals surface area contributed by atoms with E-state index in [2.05, 4.69) is 15.9 Å². The molecule has 0 bridgehead atoms. The molecule has 0 atom stereocenters. The largest absolute Gasteiger partial charge is 0.497 e. The number of hydrogen-bond donors (Lipinski definition) is 0. The van der Waals surface area contributed by atoms with Gasteiger partial charge in [-0.2, -0.15) is 0 Å². The highest BCUT2D eigenvalue weighted by atomic mass is 79.9. The molecular formula is C14H10BrNO5. The highest BCUT2D eigenvalue weighted by Gasteiger charge is 2.21. The second-order valence-corrected chi connectivity index (χ2v) is 4.86. The van der Waals surface area contributed by atoms with Crippen LogP contribution in [0.3, 0.4) is 0 Å². The molecule has 21 heavy (non-hydrogen) atoms. The van der Waals surface area contributed by atoms with Gasteiger partial charge in [0.05, 0.1) is 16.5 Å².